The number of aryl methyl sites for hydroxylation is 3. The highest BCUT2D eigenvalue weighted by Crippen LogP contribution is 2.44. The molecule has 1 atom stereocenters. The molecule has 1 amide bonds. The highest BCUT2D eigenvalue weighted by atomic mass is 32.1. The summed E-state index contributed by atoms with van der Waals surface area (Å²) in [6.45, 7) is 12.8. The van der Waals surface area contributed by atoms with Crippen LogP contribution in [0.15, 0.2) is 73.3 Å². The Morgan fingerprint density at radius 1 is 1.08 bits per heavy atom. The number of ketones is 1. The third-order valence-corrected chi connectivity index (χ3v) is 7.30. The summed E-state index contributed by atoms with van der Waals surface area (Å²) in [5.74, 6) is -2.05. The lowest BCUT2D eigenvalue weighted by molar-refractivity contribution is -0.132. The van der Waals surface area contributed by atoms with Gasteiger partial charge in [0, 0.05) is 5.56 Å². The second kappa shape index (κ2) is 11.5. The molecule has 8 nitrogen and oxygen atoms in total. The zero-order valence-electron chi connectivity index (χ0n) is 21.9. The van der Waals surface area contributed by atoms with Crippen molar-refractivity contribution in [1.82, 2.24) is 4.98 Å². The van der Waals surface area contributed by atoms with Crippen LogP contribution in [-0.2, 0) is 14.3 Å². The SMILES string of the molecule is C=CCOC(=O)c1sc(N2C(=O)C(=O)/C(=C(/O)c3ccc(OCC=C)cc3C)C2c2ccc(C)cc2)nc1C. The van der Waals surface area contributed by atoms with Gasteiger partial charge in [-0.2, -0.15) is 0 Å². The van der Waals surface area contributed by atoms with E-state index in [-0.39, 0.29) is 27.9 Å². The van der Waals surface area contributed by atoms with Crippen LogP contribution in [0.2, 0.25) is 0 Å². The van der Waals surface area contributed by atoms with E-state index < -0.39 is 23.7 Å². The van der Waals surface area contributed by atoms with E-state index in [1.165, 1.54) is 11.0 Å². The average Bonchev–Trinajstić information content (AvgIpc) is 3.42. The Morgan fingerprint density at radius 3 is 2.41 bits per heavy atom. The van der Waals surface area contributed by atoms with E-state index in [4.69, 9.17) is 9.47 Å². The van der Waals surface area contributed by atoms with Crippen LogP contribution in [-0.4, -0.2) is 41.0 Å². The highest BCUT2D eigenvalue weighted by molar-refractivity contribution is 7.17. The van der Waals surface area contributed by atoms with Crippen LogP contribution in [0.25, 0.3) is 5.76 Å². The van der Waals surface area contributed by atoms with E-state index in [1.807, 2.05) is 19.1 Å². The molecule has 1 unspecified atom stereocenters. The molecule has 1 fully saturated rings. The normalized spacial score (nSPS) is 16.3. The van der Waals surface area contributed by atoms with Gasteiger partial charge < -0.3 is 14.6 Å². The predicted octanol–water partition coefficient (Wildman–Crippen LogP) is 5.60. The molecule has 0 aliphatic carbocycles. The van der Waals surface area contributed by atoms with Crippen molar-refractivity contribution in [2.45, 2.75) is 26.8 Å². The number of hydrogen-bond acceptors (Lipinski definition) is 8. The number of amides is 1. The summed E-state index contributed by atoms with van der Waals surface area (Å²) in [4.78, 5) is 45.4. The first-order valence-corrected chi connectivity index (χ1v) is 13.0. The summed E-state index contributed by atoms with van der Waals surface area (Å²) < 4.78 is 10.7. The lowest BCUT2D eigenvalue weighted by Crippen LogP contribution is -2.29. The number of aliphatic hydroxyl groups excluding tert-OH is 1. The van der Waals surface area contributed by atoms with Crippen molar-refractivity contribution in [2.75, 3.05) is 18.1 Å². The standard InChI is InChI=1S/C30H28N2O6S/c1-6-14-37-21-12-13-22(18(4)16-21)25(33)23-24(20-10-8-17(3)9-11-20)32(28(35)26(23)34)30-31-19(5)27(39-30)29(36)38-15-7-2/h6-13,16,24,33H,1-2,14-15H2,3-5H3/b25-23+. The third-order valence-electron chi connectivity index (χ3n) is 6.17. The van der Waals surface area contributed by atoms with Gasteiger partial charge in [-0.3, -0.25) is 14.5 Å². The molecule has 2 aromatic carbocycles. The highest BCUT2D eigenvalue weighted by Gasteiger charge is 2.48. The molecular formula is C30H28N2O6S. The fourth-order valence-electron chi connectivity index (χ4n) is 4.26. The van der Waals surface area contributed by atoms with Gasteiger partial charge in [0.25, 0.3) is 5.78 Å². The van der Waals surface area contributed by atoms with Crippen molar-refractivity contribution in [2.24, 2.45) is 0 Å². The number of nitrogens with zero attached hydrogens (tertiary/aromatic N) is 2. The van der Waals surface area contributed by atoms with Gasteiger partial charge >= 0.3 is 11.9 Å². The fraction of sp³-hybridized carbons (Fsp3) is 0.200. The number of Topliss-reactive ketones (excluding diaryl/α,β-unsaturated/α-hetero) is 1. The molecule has 39 heavy (non-hydrogen) atoms. The molecule has 200 valence electrons. The Balaban J connectivity index is 1.86. The molecule has 1 aromatic heterocycles. The maximum absolute atomic E-state index is 13.5. The molecule has 0 spiro atoms. The second-order valence-corrected chi connectivity index (χ2v) is 9.93. The summed E-state index contributed by atoms with van der Waals surface area (Å²) in [5, 5.41) is 11.6. The van der Waals surface area contributed by atoms with E-state index in [2.05, 4.69) is 18.1 Å². The van der Waals surface area contributed by atoms with Gasteiger partial charge in [0.15, 0.2) is 5.13 Å². The first-order chi connectivity index (χ1) is 18.7. The number of carbonyl (C=O) groups excluding carboxylic acids is 3. The lowest BCUT2D eigenvalue weighted by atomic mass is 9.93. The van der Waals surface area contributed by atoms with E-state index in [9.17, 15) is 19.5 Å². The minimum absolute atomic E-state index is 0.0240. The first kappa shape index (κ1) is 27.5. The summed E-state index contributed by atoms with van der Waals surface area (Å²) in [7, 11) is 0. The van der Waals surface area contributed by atoms with Crippen molar-refractivity contribution in [3.63, 3.8) is 0 Å². The molecule has 1 N–H and O–H groups in total. The predicted molar refractivity (Wildman–Crippen MR) is 150 cm³/mol. The van der Waals surface area contributed by atoms with E-state index >= 15 is 0 Å². The minimum Gasteiger partial charge on any atom is -0.507 e. The second-order valence-electron chi connectivity index (χ2n) is 8.95. The van der Waals surface area contributed by atoms with Crippen LogP contribution in [0.5, 0.6) is 5.75 Å². The maximum atomic E-state index is 13.5. The van der Waals surface area contributed by atoms with Gasteiger partial charge in [0.05, 0.1) is 17.3 Å². The molecule has 2 heterocycles. The Labute approximate surface area is 230 Å². The number of anilines is 1. The van der Waals surface area contributed by atoms with Crippen LogP contribution in [0.4, 0.5) is 5.13 Å². The summed E-state index contributed by atoms with van der Waals surface area (Å²) in [5.41, 5.74) is 2.92. The largest absolute Gasteiger partial charge is 0.507 e. The van der Waals surface area contributed by atoms with Gasteiger partial charge in [0.1, 0.15) is 29.6 Å². The van der Waals surface area contributed by atoms with Crippen molar-refractivity contribution in [3.05, 3.63) is 106 Å². The number of aliphatic hydroxyl groups is 1. The van der Waals surface area contributed by atoms with E-state index in [0.717, 1.165) is 16.9 Å². The van der Waals surface area contributed by atoms with Crippen LogP contribution in [0, 0.1) is 20.8 Å². The number of carbonyl (C=O) groups is 3. The van der Waals surface area contributed by atoms with Gasteiger partial charge in [-0.1, -0.05) is 66.5 Å². The number of ether oxygens (including phenoxy) is 2. The van der Waals surface area contributed by atoms with Crippen LogP contribution < -0.4 is 9.64 Å². The monoisotopic (exact) mass is 544 g/mol. The first-order valence-electron chi connectivity index (χ1n) is 12.2. The zero-order chi connectivity index (χ0) is 28.3. The molecule has 0 saturated carbocycles. The van der Waals surface area contributed by atoms with Gasteiger partial charge in [-0.15, -0.1) is 0 Å². The van der Waals surface area contributed by atoms with E-state index in [1.54, 1.807) is 50.3 Å². The number of hydrogen-bond donors (Lipinski definition) is 1. The molecule has 1 aliphatic rings. The van der Waals surface area contributed by atoms with E-state index in [0.29, 0.717) is 34.7 Å². The molecule has 1 saturated heterocycles. The summed E-state index contributed by atoms with van der Waals surface area (Å²) >= 11 is 0.949. The maximum Gasteiger partial charge on any atom is 0.350 e. The van der Waals surface area contributed by atoms with Crippen LogP contribution in [0.1, 0.15) is 43.7 Å². The minimum atomic E-state index is -0.968. The molecule has 0 radical (unpaired) electrons. The average molecular weight is 545 g/mol. The molecule has 0 bridgehead atoms. The van der Waals surface area contributed by atoms with Gasteiger partial charge in [0.2, 0.25) is 0 Å². The molecule has 1 aliphatic heterocycles. The number of esters is 1. The van der Waals surface area contributed by atoms with Crippen LogP contribution >= 0.6 is 11.3 Å². The third kappa shape index (κ3) is 5.39. The Hall–Kier alpha value is -4.50. The Bertz CT molecular complexity index is 1500. The van der Waals surface area contributed by atoms with Crippen molar-refractivity contribution in [1.29, 1.82) is 0 Å². The molecule has 9 heteroatoms. The Morgan fingerprint density at radius 2 is 1.77 bits per heavy atom. The summed E-state index contributed by atoms with van der Waals surface area (Å²) in [6, 6.07) is 11.4. The topological polar surface area (TPSA) is 106 Å². The molecule has 3 aromatic rings. The lowest BCUT2D eigenvalue weighted by Gasteiger charge is -2.23. The smallest absolute Gasteiger partial charge is 0.350 e. The molecular weight excluding hydrogens is 516 g/mol. The number of rotatable bonds is 9. The van der Waals surface area contributed by atoms with Crippen molar-refractivity contribution in [3.8, 4) is 5.75 Å². The molecule has 4 rings (SSSR count). The van der Waals surface area contributed by atoms with Crippen molar-refractivity contribution < 1.29 is 29.0 Å². The number of benzene rings is 2. The number of thiazole rings is 1. The number of aromatic nitrogens is 1. The zero-order valence-corrected chi connectivity index (χ0v) is 22.7. The van der Waals surface area contributed by atoms with Crippen LogP contribution in [0.3, 0.4) is 0 Å². The summed E-state index contributed by atoms with van der Waals surface area (Å²) in [6.07, 6.45) is 3.07. The quantitative estimate of drug-likeness (QED) is 0.123. The van der Waals surface area contributed by atoms with Crippen molar-refractivity contribution >= 4 is 39.9 Å². The van der Waals surface area contributed by atoms with Gasteiger partial charge in [-0.25, -0.2) is 9.78 Å². The fourth-order valence-corrected chi connectivity index (χ4v) is 5.25. The van der Waals surface area contributed by atoms with Gasteiger partial charge in [-0.05, 0) is 50.1 Å². The Kier molecular flexibility index (Phi) is 8.11.